The normalized spacial score (nSPS) is 22.3. The fraction of sp³-hybridized carbons (Fsp3) is 0.346. The lowest BCUT2D eigenvalue weighted by Crippen LogP contribution is -2.60. The number of morpholine rings is 1. The third kappa shape index (κ3) is 4.29. The molecule has 31 heavy (non-hydrogen) atoms. The number of hydrogen-bond acceptors (Lipinski definition) is 3. The van der Waals surface area contributed by atoms with Gasteiger partial charge >= 0.3 is 0 Å². The van der Waals surface area contributed by atoms with E-state index in [1.165, 1.54) is 16.5 Å². The summed E-state index contributed by atoms with van der Waals surface area (Å²) in [5, 5.41) is 1.22. The molecule has 0 aliphatic carbocycles. The van der Waals surface area contributed by atoms with Crippen molar-refractivity contribution in [2.45, 2.75) is 25.0 Å². The third-order valence-corrected chi connectivity index (χ3v) is 6.42. The van der Waals surface area contributed by atoms with Crippen molar-refractivity contribution in [1.29, 1.82) is 0 Å². The zero-order chi connectivity index (χ0) is 21.1. The van der Waals surface area contributed by atoms with Crippen LogP contribution in [0.1, 0.15) is 17.5 Å². The number of fused-ring (bicyclic) bond motifs is 1. The highest BCUT2D eigenvalue weighted by atomic mass is 16.5. The number of H-pyrrole nitrogens is 1. The minimum Gasteiger partial charge on any atom is -0.362 e. The van der Waals surface area contributed by atoms with Gasteiger partial charge in [-0.3, -0.25) is 9.69 Å². The van der Waals surface area contributed by atoms with E-state index in [1.807, 2.05) is 29.3 Å². The van der Waals surface area contributed by atoms with Crippen LogP contribution in [0.5, 0.6) is 0 Å². The molecule has 5 nitrogen and oxygen atoms in total. The summed E-state index contributed by atoms with van der Waals surface area (Å²) < 4.78 is 6.22. The van der Waals surface area contributed by atoms with Crippen LogP contribution in [0.25, 0.3) is 10.9 Å². The van der Waals surface area contributed by atoms with Crippen LogP contribution >= 0.6 is 0 Å². The lowest BCUT2D eigenvalue weighted by atomic mass is 9.95. The van der Waals surface area contributed by atoms with Gasteiger partial charge in [0.1, 0.15) is 0 Å². The molecule has 5 rings (SSSR count). The third-order valence-electron chi connectivity index (χ3n) is 6.42. The van der Waals surface area contributed by atoms with E-state index in [1.54, 1.807) is 0 Å². The van der Waals surface area contributed by atoms with E-state index in [2.05, 4.69) is 58.4 Å². The first kappa shape index (κ1) is 20.0. The second kappa shape index (κ2) is 8.69. The highest BCUT2D eigenvalue weighted by molar-refractivity contribution is 5.86. The molecule has 1 fully saturated rings. The molecule has 1 saturated heterocycles. The van der Waals surface area contributed by atoms with Crippen LogP contribution in [0, 0.1) is 0 Å². The van der Waals surface area contributed by atoms with Crippen LogP contribution in [-0.2, 0) is 22.5 Å². The maximum atomic E-state index is 13.6. The summed E-state index contributed by atoms with van der Waals surface area (Å²) >= 11 is 0. The molecule has 1 aromatic heterocycles. The number of carbonyl (C=O) groups is 1. The number of benzene rings is 2. The zero-order valence-corrected chi connectivity index (χ0v) is 17.8. The van der Waals surface area contributed by atoms with Crippen molar-refractivity contribution >= 4 is 16.8 Å². The predicted octanol–water partition coefficient (Wildman–Crippen LogP) is 3.77. The minimum absolute atomic E-state index is 0.124. The van der Waals surface area contributed by atoms with Gasteiger partial charge in [0.2, 0.25) is 0 Å². The Labute approximate surface area is 183 Å². The quantitative estimate of drug-likeness (QED) is 0.646. The molecule has 1 amide bonds. The Morgan fingerprint density at radius 1 is 1.03 bits per heavy atom. The van der Waals surface area contributed by atoms with Gasteiger partial charge in [0, 0.05) is 50.9 Å². The van der Waals surface area contributed by atoms with Crippen LogP contribution < -0.4 is 0 Å². The minimum atomic E-state index is -0.778. The molecule has 0 bridgehead atoms. The van der Waals surface area contributed by atoms with Crippen molar-refractivity contribution in [2.75, 3.05) is 32.8 Å². The fourth-order valence-corrected chi connectivity index (χ4v) is 4.74. The number of amides is 1. The SMILES string of the molecule is O=C1N(CCc2ccccc2)CC=CC[C@]12CN(Cc1ccc3[nH]ccc3c1)CCO2. The number of carbonyl (C=O) groups excluding carboxylic acids is 1. The first-order valence-corrected chi connectivity index (χ1v) is 11.1. The smallest absolute Gasteiger partial charge is 0.256 e. The van der Waals surface area contributed by atoms with Crippen molar-refractivity contribution in [2.24, 2.45) is 0 Å². The Morgan fingerprint density at radius 3 is 2.84 bits per heavy atom. The molecule has 2 aliphatic heterocycles. The lowest BCUT2D eigenvalue weighted by molar-refractivity contribution is -0.170. The van der Waals surface area contributed by atoms with E-state index in [-0.39, 0.29) is 5.91 Å². The first-order chi connectivity index (χ1) is 15.2. The van der Waals surface area contributed by atoms with Gasteiger partial charge in [-0.2, -0.15) is 0 Å². The number of hydrogen-bond donors (Lipinski definition) is 1. The summed E-state index contributed by atoms with van der Waals surface area (Å²) in [7, 11) is 0. The molecular weight excluding hydrogens is 386 g/mol. The predicted molar refractivity (Wildman–Crippen MR) is 123 cm³/mol. The van der Waals surface area contributed by atoms with Gasteiger partial charge in [0.15, 0.2) is 5.60 Å². The molecule has 2 aliphatic rings. The monoisotopic (exact) mass is 415 g/mol. The molecule has 0 unspecified atom stereocenters. The molecule has 1 spiro atoms. The van der Waals surface area contributed by atoms with Gasteiger partial charge in [-0.1, -0.05) is 48.6 Å². The Kier molecular flexibility index (Phi) is 5.62. The molecule has 160 valence electrons. The van der Waals surface area contributed by atoms with Crippen molar-refractivity contribution in [3.63, 3.8) is 0 Å². The van der Waals surface area contributed by atoms with Crippen LogP contribution in [0.2, 0.25) is 0 Å². The van der Waals surface area contributed by atoms with Crippen molar-refractivity contribution in [3.05, 3.63) is 84.1 Å². The molecule has 0 radical (unpaired) electrons. The highest BCUT2D eigenvalue weighted by Gasteiger charge is 2.45. The summed E-state index contributed by atoms with van der Waals surface area (Å²) in [6.45, 7) is 4.24. The second-order valence-electron chi connectivity index (χ2n) is 8.61. The van der Waals surface area contributed by atoms with Crippen LogP contribution in [-0.4, -0.2) is 59.1 Å². The number of ether oxygens (including phenoxy) is 1. The Balaban J connectivity index is 1.29. The van der Waals surface area contributed by atoms with Gasteiger partial charge in [-0.25, -0.2) is 0 Å². The van der Waals surface area contributed by atoms with Crippen LogP contribution in [0.4, 0.5) is 0 Å². The maximum absolute atomic E-state index is 13.6. The number of aromatic nitrogens is 1. The average Bonchev–Trinajstić information content (AvgIpc) is 3.21. The van der Waals surface area contributed by atoms with Crippen LogP contribution in [0.3, 0.4) is 0 Å². The maximum Gasteiger partial charge on any atom is 0.256 e. The average molecular weight is 416 g/mol. The molecule has 3 aromatic rings. The van der Waals surface area contributed by atoms with Crippen molar-refractivity contribution in [3.8, 4) is 0 Å². The first-order valence-electron chi connectivity index (χ1n) is 11.1. The topological polar surface area (TPSA) is 48.6 Å². The molecule has 1 atom stereocenters. The highest BCUT2D eigenvalue weighted by Crippen LogP contribution is 2.29. The summed E-state index contributed by atoms with van der Waals surface area (Å²) in [5.74, 6) is 0.124. The number of aromatic amines is 1. The summed E-state index contributed by atoms with van der Waals surface area (Å²) in [4.78, 5) is 21.2. The van der Waals surface area contributed by atoms with Gasteiger partial charge < -0.3 is 14.6 Å². The Morgan fingerprint density at radius 2 is 1.94 bits per heavy atom. The van der Waals surface area contributed by atoms with E-state index in [9.17, 15) is 4.79 Å². The van der Waals surface area contributed by atoms with Gasteiger partial charge in [-0.05, 0) is 41.1 Å². The molecule has 1 N–H and O–H groups in total. The van der Waals surface area contributed by atoms with Gasteiger partial charge in [-0.15, -0.1) is 0 Å². The van der Waals surface area contributed by atoms with Crippen molar-refractivity contribution < 1.29 is 9.53 Å². The number of rotatable bonds is 5. The molecule has 0 saturated carbocycles. The second-order valence-corrected chi connectivity index (χ2v) is 8.61. The number of nitrogens with one attached hydrogen (secondary N) is 1. The van der Waals surface area contributed by atoms with E-state index < -0.39 is 5.60 Å². The van der Waals surface area contributed by atoms with Gasteiger partial charge in [0.05, 0.1) is 6.61 Å². The standard InChI is InChI=1S/C26H29N3O2/c30-25-26(12-4-5-14-29(25)15-11-21-6-2-1-3-7-21)20-28(16-17-31-26)19-22-8-9-24-23(18-22)10-13-27-24/h1-10,13,18,27H,11-12,14-17,19-20H2/t26-/m0/s1. The molecular formula is C26H29N3O2. The van der Waals surface area contributed by atoms with E-state index in [4.69, 9.17) is 4.74 Å². The summed E-state index contributed by atoms with van der Waals surface area (Å²) in [6.07, 6.45) is 7.70. The Hall–Kier alpha value is -2.89. The van der Waals surface area contributed by atoms with E-state index in [0.29, 0.717) is 32.7 Å². The lowest BCUT2D eigenvalue weighted by Gasteiger charge is -2.42. The van der Waals surface area contributed by atoms with Crippen LogP contribution in [0.15, 0.2) is 72.9 Å². The molecule has 5 heteroatoms. The molecule has 3 heterocycles. The summed E-state index contributed by atoms with van der Waals surface area (Å²) in [6, 6.07) is 19.0. The van der Waals surface area contributed by atoms with E-state index >= 15 is 0 Å². The van der Waals surface area contributed by atoms with E-state index in [0.717, 1.165) is 25.0 Å². The molecule has 2 aromatic carbocycles. The Bertz CT molecular complexity index is 1070. The fourth-order valence-electron chi connectivity index (χ4n) is 4.74. The zero-order valence-electron chi connectivity index (χ0n) is 17.8. The largest absolute Gasteiger partial charge is 0.362 e. The summed E-state index contributed by atoms with van der Waals surface area (Å²) in [5.41, 5.74) is 2.89. The number of nitrogens with zero attached hydrogens (tertiary/aromatic N) is 2. The van der Waals surface area contributed by atoms with Gasteiger partial charge in [0.25, 0.3) is 5.91 Å². The van der Waals surface area contributed by atoms with Crippen molar-refractivity contribution in [1.82, 2.24) is 14.8 Å².